The molecule has 0 aliphatic carbocycles. The van der Waals surface area contributed by atoms with E-state index in [0.29, 0.717) is 25.0 Å². The lowest BCUT2D eigenvalue weighted by molar-refractivity contribution is -0.132. The molecule has 1 aliphatic rings. The Morgan fingerprint density at radius 3 is 2.96 bits per heavy atom. The Morgan fingerprint density at radius 1 is 1.24 bits per heavy atom. The molecule has 3 aromatic rings. The zero-order valence-electron chi connectivity index (χ0n) is 13.9. The van der Waals surface area contributed by atoms with Gasteiger partial charge in [0.05, 0.1) is 11.6 Å². The third kappa shape index (κ3) is 3.14. The molecule has 130 valence electrons. The molecule has 1 saturated heterocycles. The normalized spacial score (nSPS) is 17.4. The van der Waals surface area contributed by atoms with Crippen molar-refractivity contribution in [1.29, 1.82) is 0 Å². The summed E-state index contributed by atoms with van der Waals surface area (Å²) in [5.41, 5.74) is 1.38. The average molecular weight is 356 g/mol. The molecule has 1 amide bonds. The van der Waals surface area contributed by atoms with Gasteiger partial charge in [0, 0.05) is 24.4 Å². The zero-order valence-corrected chi connectivity index (χ0v) is 14.7. The number of para-hydroxylation sites is 2. The van der Waals surface area contributed by atoms with Gasteiger partial charge in [0.15, 0.2) is 5.58 Å². The van der Waals surface area contributed by atoms with Crippen molar-refractivity contribution in [3.8, 4) is 0 Å². The van der Waals surface area contributed by atoms with Crippen molar-refractivity contribution in [2.45, 2.75) is 38.3 Å². The fourth-order valence-electron chi connectivity index (χ4n) is 3.60. The van der Waals surface area contributed by atoms with Crippen molar-refractivity contribution in [2.24, 2.45) is 0 Å². The minimum Gasteiger partial charge on any atom is -0.408 e. The highest BCUT2D eigenvalue weighted by atomic mass is 32.1. The molecule has 3 heterocycles. The first kappa shape index (κ1) is 16.1. The topological polar surface area (TPSA) is 55.5 Å². The molecule has 0 bridgehead atoms. The van der Waals surface area contributed by atoms with Crippen LogP contribution in [-0.4, -0.2) is 21.9 Å². The minimum absolute atomic E-state index is 0.178. The van der Waals surface area contributed by atoms with Gasteiger partial charge in [-0.05, 0) is 42.8 Å². The second-order valence-corrected chi connectivity index (χ2v) is 7.33. The van der Waals surface area contributed by atoms with Gasteiger partial charge in [-0.3, -0.25) is 9.36 Å². The van der Waals surface area contributed by atoms with Crippen molar-refractivity contribution in [3.05, 3.63) is 57.2 Å². The number of likely N-dealkylation sites (tertiary alicyclic amines) is 1. The number of carbonyl (C=O) groups is 1. The number of aromatic nitrogens is 1. The summed E-state index contributed by atoms with van der Waals surface area (Å²) in [6.07, 6.45) is 3.18. The molecular weight excluding hydrogens is 336 g/mol. The summed E-state index contributed by atoms with van der Waals surface area (Å²) in [5.74, 6) is -0.178. The van der Waals surface area contributed by atoms with Crippen LogP contribution in [0.15, 0.2) is 51.0 Å². The lowest BCUT2D eigenvalue weighted by atomic mass is 10.1. The number of hydrogen-bond acceptors (Lipinski definition) is 4. The van der Waals surface area contributed by atoms with E-state index in [4.69, 9.17) is 4.42 Å². The number of amides is 1. The smallest absolute Gasteiger partial charge is 0.408 e. The van der Waals surface area contributed by atoms with E-state index in [-0.39, 0.29) is 17.7 Å². The van der Waals surface area contributed by atoms with E-state index in [1.807, 2.05) is 29.2 Å². The summed E-state index contributed by atoms with van der Waals surface area (Å²) in [4.78, 5) is 27.9. The first-order valence-electron chi connectivity index (χ1n) is 8.65. The summed E-state index contributed by atoms with van der Waals surface area (Å²) in [6, 6.07) is 11.8. The van der Waals surface area contributed by atoms with E-state index in [2.05, 4.69) is 11.4 Å². The van der Waals surface area contributed by atoms with Crippen LogP contribution >= 0.6 is 11.3 Å². The molecule has 1 fully saturated rings. The molecule has 0 saturated carbocycles. The number of thiophene rings is 1. The SMILES string of the molecule is O=C(CCCn1c(=O)oc2ccccc21)N1CCC[C@H]1c1cccs1. The second kappa shape index (κ2) is 6.88. The van der Waals surface area contributed by atoms with E-state index >= 15 is 0 Å². The van der Waals surface area contributed by atoms with Gasteiger partial charge in [-0.1, -0.05) is 18.2 Å². The van der Waals surface area contributed by atoms with Crippen LogP contribution in [0.4, 0.5) is 0 Å². The molecule has 0 N–H and O–H groups in total. The number of carbonyl (C=O) groups excluding carboxylic acids is 1. The maximum absolute atomic E-state index is 12.6. The van der Waals surface area contributed by atoms with Gasteiger partial charge in [0.1, 0.15) is 0 Å². The Balaban J connectivity index is 1.40. The summed E-state index contributed by atoms with van der Waals surface area (Å²) >= 11 is 1.71. The Kier molecular flexibility index (Phi) is 4.44. The molecule has 0 spiro atoms. The number of hydrogen-bond donors (Lipinski definition) is 0. The number of benzene rings is 1. The molecule has 1 atom stereocenters. The van der Waals surface area contributed by atoms with Crippen molar-refractivity contribution in [3.63, 3.8) is 0 Å². The van der Waals surface area contributed by atoms with Gasteiger partial charge in [-0.2, -0.15) is 0 Å². The van der Waals surface area contributed by atoms with E-state index in [1.165, 1.54) is 4.88 Å². The highest BCUT2D eigenvalue weighted by Crippen LogP contribution is 2.34. The summed E-state index contributed by atoms with van der Waals surface area (Å²) in [5, 5.41) is 2.06. The average Bonchev–Trinajstić information content (AvgIpc) is 3.34. The number of aryl methyl sites for hydroxylation is 1. The fourth-order valence-corrected chi connectivity index (χ4v) is 4.47. The van der Waals surface area contributed by atoms with Crippen molar-refractivity contribution in [1.82, 2.24) is 9.47 Å². The Hall–Kier alpha value is -2.34. The van der Waals surface area contributed by atoms with Crippen LogP contribution in [0.1, 0.15) is 36.6 Å². The molecule has 25 heavy (non-hydrogen) atoms. The molecule has 2 aromatic heterocycles. The Morgan fingerprint density at radius 2 is 2.12 bits per heavy atom. The van der Waals surface area contributed by atoms with Crippen LogP contribution < -0.4 is 5.76 Å². The predicted molar refractivity (Wildman–Crippen MR) is 97.7 cm³/mol. The van der Waals surface area contributed by atoms with Crippen molar-refractivity contribution < 1.29 is 9.21 Å². The summed E-state index contributed by atoms with van der Waals surface area (Å²) < 4.78 is 6.85. The minimum atomic E-state index is -0.355. The van der Waals surface area contributed by atoms with Crippen LogP contribution in [-0.2, 0) is 11.3 Å². The summed E-state index contributed by atoms with van der Waals surface area (Å²) in [7, 11) is 0. The van der Waals surface area contributed by atoms with Gasteiger partial charge in [0.2, 0.25) is 5.91 Å². The van der Waals surface area contributed by atoms with Gasteiger partial charge in [-0.15, -0.1) is 11.3 Å². The molecule has 1 aromatic carbocycles. The van der Waals surface area contributed by atoms with Gasteiger partial charge < -0.3 is 9.32 Å². The Bertz CT molecular complexity index is 926. The monoisotopic (exact) mass is 356 g/mol. The first-order valence-corrected chi connectivity index (χ1v) is 9.53. The third-order valence-corrected chi connectivity index (χ3v) is 5.76. The maximum Gasteiger partial charge on any atom is 0.419 e. The number of oxazole rings is 1. The highest BCUT2D eigenvalue weighted by Gasteiger charge is 2.30. The van der Waals surface area contributed by atoms with Gasteiger partial charge in [-0.25, -0.2) is 4.79 Å². The van der Waals surface area contributed by atoms with E-state index in [1.54, 1.807) is 22.0 Å². The van der Waals surface area contributed by atoms with E-state index in [0.717, 1.165) is 24.9 Å². The van der Waals surface area contributed by atoms with Gasteiger partial charge >= 0.3 is 5.76 Å². The maximum atomic E-state index is 12.6. The van der Waals surface area contributed by atoms with Crippen LogP contribution in [0.25, 0.3) is 11.1 Å². The van der Waals surface area contributed by atoms with Gasteiger partial charge in [0.25, 0.3) is 0 Å². The number of nitrogens with zero attached hydrogens (tertiary/aromatic N) is 2. The predicted octanol–water partition coefficient (Wildman–Crippen LogP) is 3.80. The molecule has 4 rings (SSSR count). The molecule has 0 radical (unpaired) electrons. The first-order chi connectivity index (χ1) is 12.2. The molecule has 5 nitrogen and oxygen atoms in total. The third-order valence-electron chi connectivity index (χ3n) is 4.79. The van der Waals surface area contributed by atoms with Crippen molar-refractivity contribution in [2.75, 3.05) is 6.54 Å². The van der Waals surface area contributed by atoms with Crippen molar-refractivity contribution >= 4 is 28.3 Å². The standard InChI is InChI=1S/C19H20N2O3S/c22-18(20-11-3-7-15(20)17-9-5-13-25-17)10-4-12-21-14-6-1-2-8-16(14)24-19(21)23/h1-2,5-6,8-9,13,15H,3-4,7,10-12H2/t15-/m0/s1. The number of rotatable bonds is 5. The zero-order chi connectivity index (χ0) is 17.2. The lowest BCUT2D eigenvalue weighted by Gasteiger charge is -2.24. The molecule has 1 aliphatic heterocycles. The largest absolute Gasteiger partial charge is 0.419 e. The Labute approximate surface area is 149 Å². The highest BCUT2D eigenvalue weighted by molar-refractivity contribution is 7.10. The molecule has 6 heteroatoms. The van der Waals surface area contributed by atoms with E-state index in [9.17, 15) is 9.59 Å². The quantitative estimate of drug-likeness (QED) is 0.699. The summed E-state index contributed by atoms with van der Waals surface area (Å²) in [6.45, 7) is 1.33. The molecular formula is C19H20N2O3S. The second-order valence-electron chi connectivity index (χ2n) is 6.35. The van der Waals surface area contributed by atoms with Crippen LogP contribution in [0.5, 0.6) is 0 Å². The molecule has 0 unspecified atom stereocenters. The fraction of sp³-hybridized carbons (Fsp3) is 0.368. The lowest BCUT2D eigenvalue weighted by Crippen LogP contribution is -2.30. The van der Waals surface area contributed by atoms with Crippen LogP contribution in [0.2, 0.25) is 0 Å². The number of fused-ring (bicyclic) bond motifs is 1. The van der Waals surface area contributed by atoms with Crippen LogP contribution in [0, 0.1) is 0 Å². The van der Waals surface area contributed by atoms with E-state index < -0.39 is 0 Å². The van der Waals surface area contributed by atoms with Crippen LogP contribution in [0.3, 0.4) is 0 Å².